The molecule has 0 amide bonds. The molecule has 0 aliphatic carbocycles. The van der Waals surface area contributed by atoms with Gasteiger partial charge in [-0.3, -0.25) is 4.68 Å². The fraction of sp³-hybridized carbons (Fsp3) is 0.700. The summed E-state index contributed by atoms with van der Waals surface area (Å²) in [5.74, 6) is 0. The van der Waals surface area contributed by atoms with Crippen molar-refractivity contribution in [3.63, 3.8) is 0 Å². The third kappa shape index (κ3) is 2.68. The first-order valence-electron chi connectivity index (χ1n) is 4.53. The first kappa shape index (κ1) is 11.2. The van der Waals surface area contributed by atoms with Gasteiger partial charge in [-0.25, -0.2) is 0 Å². The van der Waals surface area contributed by atoms with E-state index in [9.17, 15) is 0 Å². The van der Waals surface area contributed by atoms with Gasteiger partial charge in [0, 0.05) is 11.9 Å². The van der Waals surface area contributed by atoms with Gasteiger partial charge < -0.3 is 0 Å². The molecule has 2 heteroatoms. The highest BCUT2D eigenvalue weighted by atomic mass is 15.3. The Kier molecular flexibility index (Phi) is 4.01. The molecule has 0 aliphatic rings. The number of nitrogens with zero attached hydrogens (tertiary/aromatic N) is 2. The van der Waals surface area contributed by atoms with Crippen LogP contribution in [0.5, 0.6) is 0 Å². The van der Waals surface area contributed by atoms with E-state index in [1.807, 2.05) is 30.8 Å². The van der Waals surface area contributed by atoms with Crippen molar-refractivity contribution in [1.82, 2.24) is 9.78 Å². The third-order valence-electron chi connectivity index (χ3n) is 1.47. The molecule has 0 unspecified atom stereocenters. The van der Waals surface area contributed by atoms with Crippen molar-refractivity contribution in [2.45, 2.75) is 47.1 Å². The number of hydrogen-bond acceptors (Lipinski definition) is 1. The van der Waals surface area contributed by atoms with Gasteiger partial charge in [-0.05, 0) is 33.8 Å². The van der Waals surface area contributed by atoms with E-state index in [0.29, 0.717) is 0 Å². The largest absolute Gasteiger partial charge is 0.265 e. The zero-order valence-electron chi connectivity index (χ0n) is 9.05. The molecule has 70 valence electrons. The molecule has 0 bridgehead atoms. The molecule has 0 N–H and O–H groups in total. The molecule has 0 spiro atoms. The normalized spacial score (nSPS) is 10.5. The van der Waals surface area contributed by atoms with E-state index in [4.69, 9.17) is 0 Å². The van der Waals surface area contributed by atoms with Crippen LogP contribution >= 0.6 is 0 Å². The minimum Gasteiger partial charge on any atom is -0.265 e. The van der Waals surface area contributed by atoms with Crippen LogP contribution in [0.25, 0.3) is 0 Å². The highest BCUT2D eigenvalue weighted by molar-refractivity contribution is 4.99. The van der Waals surface area contributed by atoms with E-state index in [1.165, 1.54) is 5.69 Å². The van der Waals surface area contributed by atoms with Gasteiger partial charge in [-0.2, -0.15) is 5.10 Å². The summed E-state index contributed by atoms with van der Waals surface area (Å²) in [7, 11) is 0. The van der Waals surface area contributed by atoms with Crippen molar-refractivity contribution in [1.29, 1.82) is 0 Å². The molecule has 1 heterocycles. The average molecular weight is 168 g/mol. The molecular weight excluding hydrogens is 148 g/mol. The topological polar surface area (TPSA) is 17.8 Å². The fourth-order valence-corrected chi connectivity index (χ4v) is 1.07. The predicted molar refractivity (Wildman–Crippen MR) is 53.3 cm³/mol. The second-order valence-electron chi connectivity index (χ2n) is 3.56. The molecule has 0 saturated carbocycles. The van der Waals surface area contributed by atoms with E-state index in [1.54, 1.807) is 0 Å². The predicted octanol–water partition coefficient (Wildman–Crippen LogP) is 2.97. The van der Waals surface area contributed by atoms with Crippen molar-refractivity contribution in [2.24, 2.45) is 0 Å². The SMILES string of the molecule is CC.Cc1ccnn1C(C)(C)C. The fourth-order valence-electron chi connectivity index (χ4n) is 1.07. The number of aromatic nitrogens is 2. The molecule has 0 aliphatic heterocycles. The van der Waals surface area contributed by atoms with Crippen molar-refractivity contribution < 1.29 is 0 Å². The van der Waals surface area contributed by atoms with Gasteiger partial charge in [0.1, 0.15) is 0 Å². The summed E-state index contributed by atoms with van der Waals surface area (Å²) >= 11 is 0. The second-order valence-corrected chi connectivity index (χ2v) is 3.56. The van der Waals surface area contributed by atoms with Gasteiger partial charge in [-0.1, -0.05) is 13.8 Å². The van der Waals surface area contributed by atoms with Crippen LogP contribution < -0.4 is 0 Å². The maximum atomic E-state index is 4.20. The molecule has 0 saturated heterocycles. The van der Waals surface area contributed by atoms with Crippen LogP contribution in [-0.4, -0.2) is 9.78 Å². The van der Waals surface area contributed by atoms with Crippen molar-refractivity contribution in [2.75, 3.05) is 0 Å². The lowest BCUT2D eigenvalue weighted by Crippen LogP contribution is -2.24. The van der Waals surface area contributed by atoms with Crippen LogP contribution in [0, 0.1) is 6.92 Å². The summed E-state index contributed by atoms with van der Waals surface area (Å²) in [5, 5.41) is 4.20. The Hall–Kier alpha value is -0.790. The third-order valence-corrected chi connectivity index (χ3v) is 1.47. The first-order valence-corrected chi connectivity index (χ1v) is 4.53. The van der Waals surface area contributed by atoms with Gasteiger partial charge in [0.15, 0.2) is 0 Å². The smallest absolute Gasteiger partial charge is 0.0546 e. The molecule has 0 aromatic carbocycles. The molecule has 1 aromatic heterocycles. The minimum atomic E-state index is 0.119. The average Bonchev–Trinajstić information content (AvgIpc) is 2.38. The van der Waals surface area contributed by atoms with E-state index >= 15 is 0 Å². The van der Waals surface area contributed by atoms with Crippen molar-refractivity contribution >= 4 is 0 Å². The lowest BCUT2D eigenvalue weighted by Gasteiger charge is -2.20. The van der Waals surface area contributed by atoms with E-state index in [2.05, 4.69) is 32.8 Å². The Morgan fingerprint density at radius 3 is 1.92 bits per heavy atom. The Morgan fingerprint density at radius 2 is 1.75 bits per heavy atom. The Balaban J connectivity index is 0.000000561. The molecule has 2 nitrogen and oxygen atoms in total. The zero-order chi connectivity index (χ0) is 9.78. The van der Waals surface area contributed by atoms with Crippen LogP contribution in [0.1, 0.15) is 40.3 Å². The Morgan fingerprint density at radius 1 is 1.25 bits per heavy atom. The molecule has 0 radical (unpaired) electrons. The zero-order valence-corrected chi connectivity index (χ0v) is 9.05. The van der Waals surface area contributed by atoms with Crippen LogP contribution in [0.3, 0.4) is 0 Å². The summed E-state index contributed by atoms with van der Waals surface area (Å²) in [6, 6.07) is 2.02. The van der Waals surface area contributed by atoms with E-state index < -0.39 is 0 Å². The van der Waals surface area contributed by atoms with Crippen LogP contribution in [-0.2, 0) is 5.54 Å². The molecule has 12 heavy (non-hydrogen) atoms. The maximum Gasteiger partial charge on any atom is 0.0546 e. The number of rotatable bonds is 0. The summed E-state index contributed by atoms with van der Waals surface area (Å²) in [6.07, 6.45) is 1.83. The van der Waals surface area contributed by atoms with Crippen molar-refractivity contribution in [3.8, 4) is 0 Å². The lowest BCUT2D eigenvalue weighted by atomic mass is 10.1. The summed E-state index contributed by atoms with van der Waals surface area (Å²) in [6.45, 7) is 12.5. The standard InChI is InChI=1S/C8H14N2.C2H6/c1-7-5-6-9-10(7)8(2,3)4;1-2/h5-6H,1-4H3;1-2H3. The van der Waals surface area contributed by atoms with Crippen molar-refractivity contribution in [3.05, 3.63) is 18.0 Å². The van der Waals surface area contributed by atoms with Gasteiger partial charge in [0.25, 0.3) is 0 Å². The van der Waals surface area contributed by atoms with E-state index in [0.717, 1.165) is 0 Å². The highest BCUT2D eigenvalue weighted by Gasteiger charge is 2.14. The Bertz CT molecular complexity index is 218. The van der Waals surface area contributed by atoms with Gasteiger partial charge in [-0.15, -0.1) is 0 Å². The molecular formula is C10H20N2. The quantitative estimate of drug-likeness (QED) is 0.582. The number of aryl methyl sites for hydroxylation is 1. The van der Waals surface area contributed by atoms with Gasteiger partial charge in [0.05, 0.1) is 5.54 Å². The minimum absolute atomic E-state index is 0.119. The number of hydrogen-bond donors (Lipinski definition) is 0. The molecule has 0 fully saturated rings. The second kappa shape index (κ2) is 4.29. The van der Waals surface area contributed by atoms with Crippen LogP contribution in [0.2, 0.25) is 0 Å². The highest BCUT2D eigenvalue weighted by Crippen LogP contribution is 2.13. The Labute approximate surface area is 75.6 Å². The van der Waals surface area contributed by atoms with Gasteiger partial charge in [0.2, 0.25) is 0 Å². The molecule has 0 atom stereocenters. The van der Waals surface area contributed by atoms with E-state index in [-0.39, 0.29) is 5.54 Å². The summed E-state index contributed by atoms with van der Waals surface area (Å²) in [4.78, 5) is 0. The van der Waals surface area contributed by atoms with Crippen LogP contribution in [0.15, 0.2) is 12.3 Å². The lowest BCUT2D eigenvalue weighted by molar-refractivity contribution is 0.348. The summed E-state index contributed by atoms with van der Waals surface area (Å²) < 4.78 is 2.02. The maximum absolute atomic E-state index is 4.20. The monoisotopic (exact) mass is 168 g/mol. The molecule has 1 rings (SSSR count). The van der Waals surface area contributed by atoms with Crippen LogP contribution in [0.4, 0.5) is 0 Å². The first-order chi connectivity index (χ1) is 5.52. The summed E-state index contributed by atoms with van der Waals surface area (Å²) in [5.41, 5.74) is 1.33. The molecule has 1 aromatic rings. The van der Waals surface area contributed by atoms with Gasteiger partial charge >= 0.3 is 0 Å².